The fourth-order valence-corrected chi connectivity index (χ4v) is 5.71. The van der Waals surface area contributed by atoms with E-state index < -0.39 is 0 Å². The number of rotatable bonds is 6. The number of carbonyl (C=O) groups excluding carboxylic acids is 1. The molecule has 172 valence electrons. The largest absolute Gasteiger partial charge is 0.375 e. The first-order valence-corrected chi connectivity index (χ1v) is 12.5. The van der Waals surface area contributed by atoms with E-state index in [4.69, 9.17) is 4.74 Å². The highest BCUT2D eigenvalue weighted by Crippen LogP contribution is 2.37. The Hall–Kier alpha value is -1.43. The maximum absolute atomic E-state index is 12.7. The van der Waals surface area contributed by atoms with Crippen molar-refractivity contribution in [3.05, 3.63) is 35.9 Å². The van der Waals surface area contributed by atoms with Crippen LogP contribution in [0.3, 0.4) is 0 Å². The molecule has 0 unspecified atom stereocenters. The molecule has 1 spiro atoms. The number of hydrogen-bond donors (Lipinski definition) is 0. The minimum atomic E-state index is -0.00576. The Morgan fingerprint density at radius 2 is 1.77 bits per heavy atom. The molecule has 3 saturated heterocycles. The molecule has 5 nitrogen and oxygen atoms in total. The van der Waals surface area contributed by atoms with Gasteiger partial charge in [0.25, 0.3) is 0 Å². The third kappa shape index (κ3) is 6.09. The quantitative estimate of drug-likeness (QED) is 0.697. The van der Waals surface area contributed by atoms with Gasteiger partial charge < -0.3 is 14.5 Å². The monoisotopic (exact) mass is 427 g/mol. The molecule has 0 aliphatic carbocycles. The zero-order chi connectivity index (χ0) is 21.7. The number of hydrogen-bond acceptors (Lipinski definition) is 4. The van der Waals surface area contributed by atoms with E-state index in [-0.39, 0.29) is 5.60 Å². The summed E-state index contributed by atoms with van der Waals surface area (Å²) in [6.45, 7) is 13.2. The van der Waals surface area contributed by atoms with Crippen molar-refractivity contribution in [1.29, 1.82) is 0 Å². The summed E-state index contributed by atoms with van der Waals surface area (Å²) in [5.74, 6) is 1.05. The van der Waals surface area contributed by atoms with Gasteiger partial charge in [0.2, 0.25) is 5.91 Å². The van der Waals surface area contributed by atoms with Crippen LogP contribution in [0.5, 0.6) is 0 Å². The van der Waals surface area contributed by atoms with Crippen molar-refractivity contribution in [3.8, 4) is 0 Å². The fourth-order valence-electron chi connectivity index (χ4n) is 5.71. The lowest BCUT2D eigenvalue weighted by molar-refractivity contribution is -0.150. The lowest BCUT2D eigenvalue weighted by atomic mass is 9.81. The number of aryl methyl sites for hydroxylation is 1. The summed E-state index contributed by atoms with van der Waals surface area (Å²) in [6, 6.07) is 11.0. The van der Waals surface area contributed by atoms with Crippen LogP contribution in [0.4, 0.5) is 0 Å². The molecule has 3 heterocycles. The number of piperidine rings is 1. The third-order valence-corrected chi connectivity index (χ3v) is 7.51. The highest BCUT2D eigenvalue weighted by Gasteiger charge is 2.42. The number of piperazine rings is 1. The molecule has 1 aromatic rings. The van der Waals surface area contributed by atoms with E-state index in [2.05, 4.69) is 40.7 Å². The van der Waals surface area contributed by atoms with Gasteiger partial charge in [0, 0.05) is 64.9 Å². The number of carbonyl (C=O) groups is 1. The molecule has 3 aliphatic heterocycles. The Kier molecular flexibility index (Phi) is 7.68. The second-order valence-electron chi connectivity index (χ2n) is 10.3. The predicted molar refractivity (Wildman–Crippen MR) is 125 cm³/mol. The van der Waals surface area contributed by atoms with Gasteiger partial charge in [0.05, 0.1) is 5.60 Å². The number of nitrogens with zero attached hydrogens (tertiary/aromatic N) is 3. The molecular formula is C26H41N3O2. The molecule has 0 bridgehead atoms. The van der Waals surface area contributed by atoms with E-state index in [1.165, 1.54) is 38.3 Å². The van der Waals surface area contributed by atoms with Gasteiger partial charge in [-0.25, -0.2) is 0 Å². The standard InChI is InChI=1S/C26H41N3O2/c1-22(2)21-27-15-17-28(18-16-27)24-10-19-31-26(20-24)11-13-29(14-12-26)25(30)9-8-23-6-4-3-5-7-23/h3-7,22,24H,8-21H2,1-2H3/t24-/m1/s1. The van der Waals surface area contributed by atoms with Crippen molar-refractivity contribution >= 4 is 5.91 Å². The van der Waals surface area contributed by atoms with Gasteiger partial charge in [-0.1, -0.05) is 44.2 Å². The molecule has 1 atom stereocenters. The first-order valence-electron chi connectivity index (χ1n) is 12.5. The molecule has 1 amide bonds. The highest BCUT2D eigenvalue weighted by molar-refractivity contribution is 5.76. The Morgan fingerprint density at radius 3 is 2.45 bits per heavy atom. The summed E-state index contributed by atoms with van der Waals surface area (Å²) in [5.41, 5.74) is 1.24. The first-order chi connectivity index (χ1) is 15.0. The molecule has 0 aromatic heterocycles. The summed E-state index contributed by atoms with van der Waals surface area (Å²) in [4.78, 5) is 20.2. The summed E-state index contributed by atoms with van der Waals surface area (Å²) in [7, 11) is 0. The van der Waals surface area contributed by atoms with Gasteiger partial charge in [0.15, 0.2) is 0 Å². The van der Waals surface area contributed by atoms with Crippen LogP contribution < -0.4 is 0 Å². The van der Waals surface area contributed by atoms with E-state index >= 15 is 0 Å². The molecule has 31 heavy (non-hydrogen) atoms. The van der Waals surface area contributed by atoms with E-state index in [1.807, 2.05) is 18.2 Å². The van der Waals surface area contributed by atoms with Crippen molar-refractivity contribution < 1.29 is 9.53 Å². The van der Waals surface area contributed by atoms with E-state index in [1.54, 1.807) is 0 Å². The first kappa shape index (κ1) is 22.8. The lowest BCUT2D eigenvalue weighted by Crippen LogP contribution is -2.57. The van der Waals surface area contributed by atoms with Crippen molar-refractivity contribution in [2.75, 3.05) is 52.4 Å². The van der Waals surface area contributed by atoms with Crippen LogP contribution >= 0.6 is 0 Å². The van der Waals surface area contributed by atoms with E-state index in [0.29, 0.717) is 18.4 Å². The van der Waals surface area contributed by atoms with Crippen LogP contribution in [0.1, 0.15) is 51.5 Å². The zero-order valence-corrected chi connectivity index (χ0v) is 19.6. The van der Waals surface area contributed by atoms with Crippen LogP contribution in [0.2, 0.25) is 0 Å². The number of likely N-dealkylation sites (tertiary alicyclic amines) is 1. The molecule has 3 aliphatic rings. The Bertz CT molecular complexity index is 692. The molecule has 1 aromatic carbocycles. The second kappa shape index (κ2) is 10.5. The topological polar surface area (TPSA) is 36.0 Å². The highest BCUT2D eigenvalue weighted by atomic mass is 16.5. The third-order valence-electron chi connectivity index (χ3n) is 7.51. The molecule has 0 saturated carbocycles. The average molecular weight is 428 g/mol. The molecule has 5 heteroatoms. The minimum absolute atomic E-state index is 0.00576. The van der Waals surface area contributed by atoms with Gasteiger partial charge in [-0.05, 0) is 43.6 Å². The molecule has 0 radical (unpaired) electrons. The van der Waals surface area contributed by atoms with Crippen molar-refractivity contribution in [3.63, 3.8) is 0 Å². The second-order valence-corrected chi connectivity index (χ2v) is 10.3. The van der Waals surface area contributed by atoms with Crippen LogP contribution in [-0.4, -0.2) is 84.7 Å². The minimum Gasteiger partial charge on any atom is -0.375 e. The van der Waals surface area contributed by atoms with E-state index in [0.717, 1.165) is 57.7 Å². The van der Waals surface area contributed by atoms with Crippen LogP contribution in [0, 0.1) is 5.92 Å². The van der Waals surface area contributed by atoms with Crippen LogP contribution in [0.25, 0.3) is 0 Å². The van der Waals surface area contributed by atoms with Gasteiger partial charge >= 0.3 is 0 Å². The van der Waals surface area contributed by atoms with Crippen LogP contribution in [-0.2, 0) is 16.0 Å². The summed E-state index contributed by atoms with van der Waals surface area (Å²) >= 11 is 0. The normalized spacial score (nSPS) is 25.3. The summed E-state index contributed by atoms with van der Waals surface area (Å²) in [6.07, 6.45) is 5.74. The molecule has 4 rings (SSSR count). The predicted octanol–water partition coefficient (Wildman–Crippen LogP) is 3.43. The van der Waals surface area contributed by atoms with Crippen molar-refractivity contribution in [2.45, 2.75) is 64.0 Å². The average Bonchev–Trinajstić information content (AvgIpc) is 2.79. The van der Waals surface area contributed by atoms with Gasteiger partial charge in [-0.3, -0.25) is 9.69 Å². The van der Waals surface area contributed by atoms with Crippen molar-refractivity contribution in [2.24, 2.45) is 5.92 Å². The van der Waals surface area contributed by atoms with E-state index in [9.17, 15) is 4.79 Å². The molecular weight excluding hydrogens is 386 g/mol. The van der Waals surface area contributed by atoms with Crippen LogP contribution in [0.15, 0.2) is 30.3 Å². The number of benzene rings is 1. The number of ether oxygens (including phenoxy) is 1. The lowest BCUT2D eigenvalue weighted by Gasteiger charge is -2.49. The summed E-state index contributed by atoms with van der Waals surface area (Å²) in [5, 5.41) is 0. The zero-order valence-electron chi connectivity index (χ0n) is 19.6. The smallest absolute Gasteiger partial charge is 0.222 e. The fraction of sp³-hybridized carbons (Fsp3) is 0.731. The van der Waals surface area contributed by atoms with Gasteiger partial charge in [-0.15, -0.1) is 0 Å². The maximum Gasteiger partial charge on any atom is 0.222 e. The Morgan fingerprint density at radius 1 is 1.06 bits per heavy atom. The van der Waals surface area contributed by atoms with Gasteiger partial charge in [0.1, 0.15) is 0 Å². The van der Waals surface area contributed by atoms with Crippen molar-refractivity contribution in [1.82, 2.24) is 14.7 Å². The Labute approximate surface area is 188 Å². The summed E-state index contributed by atoms with van der Waals surface area (Å²) < 4.78 is 6.38. The SMILES string of the molecule is CC(C)CN1CCN([C@@H]2CCOC3(CCN(C(=O)CCc4ccccc4)CC3)C2)CC1. The molecule has 3 fully saturated rings. The number of amides is 1. The Balaban J connectivity index is 1.23. The molecule has 0 N–H and O–H groups in total. The maximum atomic E-state index is 12.7. The van der Waals surface area contributed by atoms with Gasteiger partial charge in [-0.2, -0.15) is 0 Å².